The van der Waals surface area contributed by atoms with Crippen LogP contribution in [-0.2, 0) is 4.79 Å². The molecule has 0 saturated heterocycles. The third-order valence-corrected chi connectivity index (χ3v) is 6.13. The molecule has 1 amide bonds. The van der Waals surface area contributed by atoms with Gasteiger partial charge in [-0.25, -0.2) is 0 Å². The molecule has 2 aromatic rings. The molecule has 0 fully saturated rings. The van der Waals surface area contributed by atoms with Gasteiger partial charge in [0.1, 0.15) is 0 Å². The van der Waals surface area contributed by atoms with Crippen LogP contribution in [0.25, 0.3) is 0 Å². The topological polar surface area (TPSA) is 29.1 Å². The zero-order valence-corrected chi connectivity index (χ0v) is 16.4. The van der Waals surface area contributed by atoms with Crippen LogP contribution in [0.2, 0.25) is 10.0 Å². The highest BCUT2D eigenvalue weighted by atomic mass is 35.5. The lowest BCUT2D eigenvalue weighted by molar-refractivity contribution is -0.120. The average Bonchev–Trinajstić information content (AvgIpc) is 2.59. The van der Waals surface area contributed by atoms with Gasteiger partial charge in [0.05, 0.1) is 5.25 Å². The lowest BCUT2D eigenvalue weighted by atomic mass is 10.3. The minimum absolute atomic E-state index is 0.0779. The fourth-order valence-electron chi connectivity index (χ4n) is 1.99. The van der Waals surface area contributed by atoms with Gasteiger partial charge in [0.15, 0.2) is 0 Å². The van der Waals surface area contributed by atoms with E-state index in [1.165, 1.54) is 0 Å². The molecule has 1 atom stereocenters. The Morgan fingerprint density at radius 3 is 2.08 bits per heavy atom. The van der Waals surface area contributed by atoms with Crippen molar-refractivity contribution in [2.45, 2.75) is 28.4 Å². The second-order valence-corrected chi connectivity index (χ2v) is 8.38. The van der Waals surface area contributed by atoms with E-state index in [0.717, 1.165) is 27.0 Å². The number of rotatable bonds is 8. The van der Waals surface area contributed by atoms with Crippen molar-refractivity contribution in [2.75, 3.05) is 12.3 Å². The Kier molecular flexibility index (Phi) is 8.33. The highest BCUT2D eigenvalue weighted by Crippen LogP contribution is 2.27. The van der Waals surface area contributed by atoms with Gasteiger partial charge in [-0.15, -0.1) is 23.5 Å². The Morgan fingerprint density at radius 2 is 1.54 bits per heavy atom. The van der Waals surface area contributed by atoms with Crippen molar-refractivity contribution in [3.05, 3.63) is 58.6 Å². The smallest absolute Gasteiger partial charge is 0.233 e. The van der Waals surface area contributed by atoms with Gasteiger partial charge in [-0.3, -0.25) is 4.79 Å². The molecule has 2 rings (SSSR count). The summed E-state index contributed by atoms with van der Waals surface area (Å²) >= 11 is 15.0. The first-order valence-electron chi connectivity index (χ1n) is 7.67. The normalized spacial score (nSPS) is 12.0. The quantitative estimate of drug-likeness (QED) is 0.450. The van der Waals surface area contributed by atoms with Gasteiger partial charge in [0.2, 0.25) is 5.91 Å². The monoisotopic (exact) mass is 399 g/mol. The maximum atomic E-state index is 12.3. The summed E-state index contributed by atoms with van der Waals surface area (Å²) in [6.45, 7) is 2.67. The second-order valence-electron chi connectivity index (χ2n) is 5.06. The summed E-state index contributed by atoms with van der Waals surface area (Å²) in [5, 5.41) is 4.36. The molecule has 0 spiro atoms. The molecule has 0 radical (unpaired) electrons. The van der Waals surface area contributed by atoms with Crippen LogP contribution >= 0.6 is 46.7 Å². The number of nitrogens with one attached hydrogen (secondary N) is 1. The van der Waals surface area contributed by atoms with E-state index in [0.29, 0.717) is 11.6 Å². The van der Waals surface area contributed by atoms with Crippen LogP contribution < -0.4 is 5.32 Å². The maximum absolute atomic E-state index is 12.3. The van der Waals surface area contributed by atoms with Gasteiger partial charge in [0, 0.05) is 32.1 Å². The molecule has 0 saturated carbocycles. The van der Waals surface area contributed by atoms with Gasteiger partial charge >= 0.3 is 0 Å². The summed E-state index contributed by atoms with van der Waals surface area (Å²) in [4.78, 5) is 14.5. The number of hydrogen-bond acceptors (Lipinski definition) is 3. The first kappa shape index (κ1) is 19.5. The molecule has 0 bridgehead atoms. The molecular weight excluding hydrogens is 381 g/mol. The molecule has 0 heterocycles. The lowest BCUT2D eigenvalue weighted by Crippen LogP contribution is -2.33. The molecule has 0 aliphatic carbocycles. The Hall–Kier alpha value is -0.810. The number of amides is 1. The summed E-state index contributed by atoms with van der Waals surface area (Å²) < 4.78 is 0. The molecule has 0 unspecified atom stereocenters. The van der Waals surface area contributed by atoms with Crippen molar-refractivity contribution < 1.29 is 4.79 Å². The highest BCUT2D eigenvalue weighted by molar-refractivity contribution is 8.00. The minimum atomic E-state index is -0.0910. The zero-order chi connectivity index (χ0) is 17.4. The number of hydrogen-bond donors (Lipinski definition) is 1. The van der Waals surface area contributed by atoms with Crippen LogP contribution in [0.3, 0.4) is 0 Å². The van der Waals surface area contributed by atoms with Crippen molar-refractivity contribution in [2.24, 2.45) is 0 Å². The van der Waals surface area contributed by atoms with E-state index in [1.54, 1.807) is 23.5 Å². The Bertz CT molecular complexity index is 647. The molecule has 0 aromatic heterocycles. The summed E-state index contributed by atoms with van der Waals surface area (Å²) in [6.07, 6.45) is 0.781. The molecule has 1 N–H and O–H groups in total. The molecule has 2 nitrogen and oxygen atoms in total. The van der Waals surface area contributed by atoms with Crippen LogP contribution in [0.4, 0.5) is 0 Å². The third kappa shape index (κ3) is 6.60. The largest absolute Gasteiger partial charge is 0.354 e. The van der Waals surface area contributed by atoms with E-state index in [-0.39, 0.29) is 11.2 Å². The molecular formula is C18H19Cl2NOS2. The summed E-state index contributed by atoms with van der Waals surface area (Å²) in [5.74, 6) is 0.907. The van der Waals surface area contributed by atoms with Crippen molar-refractivity contribution in [1.82, 2.24) is 5.32 Å². The summed E-state index contributed by atoms with van der Waals surface area (Å²) in [6, 6.07) is 15.3. The van der Waals surface area contributed by atoms with Crippen molar-refractivity contribution in [3.63, 3.8) is 0 Å². The number of carbonyl (C=O) groups excluding carboxylic acids is 1. The summed E-state index contributed by atoms with van der Waals surface area (Å²) in [7, 11) is 0. The fourth-order valence-corrected chi connectivity index (χ4v) is 3.99. The first-order valence-corrected chi connectivity index (χ1v) is 10.3. The second kappa shape index (κ2) is 10.2. The third-order valence-electron chi connectivity index (χ3n) is 3.24. The van der Waals surface area contributed by atoms with Crippen LogP contribution in [-0.4, -0.2) is 23.5 Å². The van der Waals surface area contributed by atoms with Crippen LogP contribution in [0.5, 0.6) is 0 Å². The summed E-state index contributed by atoms with van der Waals surface area (Å²) in [5.41, 5.74) is 0. The van der Waals surface area contributed by atoms with Crippen LogP contribution in [0.15, 0.2) is 58.3 Å². The molecule has 0 aliphatic rings. The predicted octanol–water partition coefficient (Wildman–Crippen LogP) is 5.77. The maximum Gasteiger partial charge on any atom is 0.233 e. The number of halogens is 2. The highest BCUT2D eigenvalue weighted by Gasteiger charge is 2.17. The van der Waals surface area contributed by atoms with E-state index in [9.17, 15) is 4.79 Å². The predicted molar refractivity (Wildman–Crippen MR) is 107 cm³/mol. The van der Waals surface area contributed by atoms with Crippen molar-refractivity contribution in [1.29, 1.82) is 0 Å². The lowest BCUT2D eigenvalue weighted by Gasteiger charge is -2.14. The molecule has 0 aliphatic heterocycles. The van der Waals surface area contributed by atoms with E-state index >= 15 is 0 Å². The van der Waals surface area contributed by atoms with E-state index < -0.39 is 0 Å². The Balaban J connectivity index is 1.75. The molecule has 24 heavy (non-hydrogen) atoms. The van der Waals surface area contributed by atoms with Crippen molar-refractivity contribution >= 4 is 52.6 Å². The SMILES string of the molecule is CC[C@H](Sc1ccc(Cl)cc1)C(=O)NCCSc1ccc(Cl)cc1. The molecule has 6 heteroatoms. The average molecular weight is 400 g/mol. The van der Waals surface area contributed by atoms with Gasteiger partial charge in [-0.05, 0) is 55.0 Å². The Labute approximate surface area is 161 Å². The van der Waals surface area contributed by atoms with Gasteiger partial charge < -0.3 is 5.32 Å². The van der Waals surface area contributed by atoms with Gasteiger partial charge in [-0.1, -0.05) is 30.1 Å². The number of benzene rings is 2. The number of carbonyl (C=O) groups is 1. The van der Waals surface area contributed by atoms with Crippen LogP contribution in [0, 0.1) is 0 Å². The molecule has 2 aromatic carbocycles. The minimum Gasteiger partial charge on any atom is -0.354 e. The van der Waals surface area contributed by atoms with Gasteiger partial charge in [-0.2, -0.15) is 0 Å². The van der Waals surface area contributed by atoms with E-state index in [2.05, 4.69) is 5.32 Å². The van der Waals surface area contributed by atoms with Gasteiger partial charge in [0.25, 0.3) is 0 Å². The first-order chi connectivity index (χ1) is 11.6. The number of thioether (sulfide) groups is 2. The van der Waals surface area contributed by atoms with E-state index in [1.807, 2.05) is 55.5 Å². The van der Waals surface area contributed by atoms with Crippen LogP contribution in [0.1, 0.15) is 13.3 Å². The molecule has 128 valence electrons. The standard InChI is InChI=1S/C18H19Cl2NOS2/c1-2-17(24-16-9-5-14(20)6-10-16)18(22)21-11-12-23-15-7-3-13(19)4-8-15/h3-10,17H,2,11-12H2,1H3,(H,21,22)/t17-/m0/s1. The van der Waals surface area contributed by atoms with Crippen molar-refractivity contribution in [3.8, 4) is 0 Å². The Morgan fingerprint density at radius 1 is 1.00 bits per heavy atom. The fraction of sp³-hybridized carbons (Fsp3) is 0.278. The van der Waals surface area contributed by atoms with E-state index in [4.69, 9.17) is 23.2 Å². The zero-order valence-electron chi connectivity index (χ0n) is 13.3.